The van der Waals surface area contributed by atoms with Gasteiger partial charge in [0.05, 0.1) is 13.0 Å². The van der Waals surface area contributed by atoms with Crippen molar-refractivity contribution in [2.24, 2.45) is 0 Å². The van der Waals surface area contributed by atoms with Crippen LogP contribution >= 0.6 is 0 Å². The number of rotatable bonds is 4. The molecule has 0 radical (unpaired) electrons. The summed E-state index contributed by atoms with van der Waals surface area (Å²) in [5.41, 5.74) is 2.23. The van der Waals surface area contributed by atoms with Crippen LogP contribution in [0.4, 0.5) is 13.2 Å². The van der Waals surface area contributed by atoms with Crippen molar-refractivity contribution in [3.05, 3.63) is 59.5 Å². The van der Waals surface area contributed by atoms with Gasteiger partial charge in [-0.05, 0) is 47.9 Å². The molecule has 3 aromatic rings. The molecule has 0 saturated heterocycles. The molecule has 1 heterocycles. The molecule has 3 rings (SSSR count). The Labute approximate surface area is 136 Å². The molecule has 124 valence electrons. The zero-order valence-corrected chi connectivity index (χ0v) is 12.8. The molecular formula is C18H14F3NO2. The predicted octanol–water partition coefficient (Wildman–Crippen LogP) is 4.36. The summed E-state index contributed by atoms with van der Waals surface area (Å²) in [6.45, 7) is 2.02. The van der Waals surface area contributed by atoms with Gasteiger partial charge in [0.25, 0.3) is 0 Å². The normalized spacial score (nSPS) is 11.0. The van der Waals surface area contributed by atoms with E-state index in [1.54, 1.807) is 31.3 Å². The SMILES string of the molecule is CCOC(=O)Cc1c[nH]c2ccc(-c3cc(F)c(F)c(F)c3)cc12. The number of halogens is 3. The highest BCUT2D eigenvalue weighted by Crippen LogP contribution is 2.28. The molecule has 0 amide bonds. The van der Waals surface area contributed by atoms with E-state index in [4.69, 9.17) is 4.74 Å². The van der Waals surface area contributed by atoms with E-state index in [0.29, 0.717) is 17.7 Å². The van der Waals surface area contributed by atoms with E-state index in [1.807, 2.05) is 0 Å². The van der Waals surface area contributed by atoms with Crippen LogP contribution in [0.2, 0.25) is 0 Å². The summed E-state index contributed by atoms with van der Waals surface area (Å²) >= 11 is 0. The standard InChI is InChI=1S/C18H14F3NO2/c1-2-24-17(23)8-12-9-22-16-4-3-10(5-13(12)16)11-6-14(19)18(21)15(20)7-11/h3-7,9,22H,2,8H2,1H3. The summed E-state index contributed by atoms with van der Waals surface area (Å²) < 4.78 is 44.9. The highest BCUT2D eigenvalue weighted by Gasteiger charge is 2.14. The fourth-order valence-electron chi connectivity index (χ4n) is 2.59. The molecule has 1 N–H and O–H groups in total. The highest BCUT2D eigenvalue weighted by atomic mass is 19.2. The molecule has 0 atom stereocenters. The van der Waals surface area contributed by atoms with Crippen LogP contribution in [0.1, 0.15) is 12.5 Å². The second-order valence-electron chi connectivity index (χ2n) is 5.31. The van der Waals surface area contributed by atoms with Crippen LogP contribution in [0, 0.1) is 17.5 Å². The van der Waals surface area contributed by atoms with Crippen LogP contribution in [0.3, 0.4) is 0 Å². The molecule has 0 aliphatic carbocycles. The number of aromatic amines is 1. The molecule has 0 aliphatic rings. The molecule has 0 spiro atoms. The summed E-state index contributed by atoms with van der Waals surface area (Å²) in [6, 6.07) is 6.98. The fraction of sp³-hybridized carbons (Fsp3) is 0.167. The van der Waals surface area contributed by atoms with Crippen molar-refractivity contribution in [1.29, 1.82) is 0 Å². The number of aromatic nitrogens is 1. The molecule has 24 heavy (non-hydrogen) atoms. The maximum Gasteiger partial charge on any atom is 0.310 e. The van der Waals surface area contributed by atoms with Crippen LogP contribution in [0.15, 0.2) is 36.5 Å². The van der Waals surface area contributed by atoms with E-state index in [-0.39, 0.29) is 18.0 Å². The fourth-order valence-corrected chi connectivity index (χ4v) is 2.59. The zero-order chi connectivity index (χ0) is 17.3. The lowest BCUT2D eigenvalue weighted by molar-refractivity contribution is -0.142. The van der Waals surface area contributed by atoms with Crippen molar-refractivity contribution < 1.29 is 22.7 Å². The Morgan fingerprint density at radius 1 is 1.08 bits per heavy atom. The topological polar surface area (TPSA) is 42.1 Å². The molecule has 0 saturated carbocycles. The molecule has 0 fully saturated rings. The van der Waals surface area contributed by atoms with Gasteiger partial charge in [-0.3, -0.25) is 4.79 Å². The number of benzene rings is 2. The number of nitrogens with one attached hydrogen (secondary N) is 1. The number of carbonyl (C=O) groups is 1. The smallest absolute Gasteiger partial charge is 0.310 e. The summed E-state index contributed by atoms with van der Waals surface area (Å²) in [5, 5.41) is 0.741. The molecule has 1 aromatic heterocycles. The number of hydrogen-bond donors (Lipinski definition) is 1. The minimum Gasteiger partial charge on any atom is -0.466 e. The van der Waals surface area contributed by atoms with Gasteiger partial charge < -0.3 is 9.72 Å². The van der Waals surface area contributed by atoms with Crippen molar-refractivity contribution in [2.45, 2.75) is 13.3 Å². The number of esters is 1. The Morgan fingerprint density at radius 2 is 1.79 bits per heavy atom. The predicted molar refractivity (Wildman–Crippen MR) is 83.9 cm³/mol. The molecule has 0 aliphatic heterocycles. The van der Waals surface area contributed by atoms with Gasteiger partial charge >= 0.3 is 5.97 Å². The molecule has 6 heteroatoms. The van der Waals surface area contributed by atoms with E-state index >= 15 is 0 Å². The zero-order valence-electron chi connectivity index (χ0n) is 12.8. The monoisotopic (exact) mass is 333 g/mol. The number of ether oxygens (including phenoxy) is 1. The quantitative estimate of drug-likeness (QED) is 0.569. The minimum absolute atomic E-state index is 0.0867. The molecule has 0 unspecified atom stereocenters. The maximum absolute atomic E-state index is 13.4. The molecular weight excluding hydrogens is 319 g/mol. The molecule has 0 bridgehead atoms. The van der Waals surface area contributed by atoms with Crippen molar-refractivity contribution >= 4 is 16.9 Å². The number of hydrogen-bond acceptors (Lipinski definition) is 2. The van der Waals surface area contributed by atoms with Crippen molar-refractivity contribution in [3.8, 4) is 11.1 Å². The van der Waals surface area contributed by atoms with Crippen molar-refractivity contribution in [2.75, 3.05) is 6.61 Å². The Hall–Kier alpha value is -2.76. The van der Waals surface area contributed by atoms with E-state index in [2.05, 4.69) is 4.98 Å². The average Bonchev–Trinajstić information content (AvgIpc) is 2.94. The van der Waals surface area contributed by atoms with E-state index in [9.17, 15) is 18.0 Å². The largest absolute Gasteiger partial charge is 0.466 e. The van der Waals surface area contributed by atoms with Crippen LogP contribution in [-0.4, -0.2) is 17.6 Å². The van der Waals surface area contributed by atoms with E-state index < -0.39 is 17.5 Å². The van der Waals surface area contributed by atoms with Crippen LogP contribution in [0.5, 0.6) is 0 Å². The first-order valence-corrected chi connectivity index (χ1v) is 7.40. The first kappa shape index (κ1) is 16.1. The number of carbonyl (C=O) groups excluding carboxylic acids is 1. The van der Waals surface area contributed by atoms with Crippen molar-refractivity contribution in [1.82, 2.24) is 4.98 Å². The van der Waals surface area contributed by atoms with Crippen molar-refractivity contribution in [3.63, 3.8) is 0 Å². The lowest BCUT2D eigenvalue weighted by atomic mass is 10.0. The van der Waals surface area contributed by atoms with Gasteiger partial charge in [0.15, 0.2) is 17.5 Å². The van der Waals surface area contributed by atoms with Gasteiger partial charge in [0.1, 0.15) is 0 Å². The summed E-state index contributed by atoms with van der Waals surface area (Å²) in [4.78, 5) is 14.7. The Bertz CT molecular complexity index is 895. The molecule has 3 nitrogen and oxygen atoms in total. The van der Waals surface area contributed by atoms with Crippen LogP contribution in [-0.2, 0) is 16.0 Å². The second kappa shape index (κ2) is 6.39. The average molecular weight is 333 g/mol. The Kier molecular flexibility index (Phi) is 4.29. The van der Waals surface area contributed by atoms with Gasteiger partial charge in [-0.1, -0.05) is 6.07 Å². The second-order valence-corrected chi connectivity index (χ2v) is 5.31. The third kappa shape index (κ3) is 2.99. The van der Waals surface area contributed by atoms with Gasteiger partial charge in [-0.15, -0.1) is 0 Å². The Balaban J connectivity index is 2.03. The van der Waals surface area contributed by atoms with Gasteiger partial charge in [-0.25, -0.2) is 13.2 Å². The van der Waals surface area contributed by atoms with Gasteiger partial charge in [0.2, 0.25) is 0 Å². The highest BCUT2D eigenvalue weighted by molar-refractivity contribution is 5.90. The Morgan fingerprint density at radius 3 is 2.46 bits per heavy atom. The summed E-state index contributed by atoms with van der Waals surface area (Å²) in [6.07, 6.45) is 1.78. The maximum atomic E-state index is 13.4. The molecule has 2 aromatic carbocycles. The van der Waals surface area contributed by atoms with E-state index in [0.717, 1.165) is 23.0 Å². The number of H-pyrrole nitrogens is 1. The summed E-state index contributed by atoms with van der Waals surface area (Å²) in [5.74, 6) is -4.34. The lowest BCUT2D eigenvalue weighted by Gasteiger charge is -2.05. The number of fused-ring (bicyclic) bond motifs is 1. The van der Waals surface area contributed by atoms with Gasteiger partial charge in [0, 0.05) is 17.1 Å². The third-order valence-electron chi connectivity index (χ3n) is 3.72. The third-order valence-corrected chi connectivity index (χ3v) is 3.72. The van der Waals surface area contributed by atoms with Crippen LogP contribution < -0.4 is 0 Å². The van der Waals surface area contributed by atoms with Crippen LogP contribution in [0.25, 0.3) is 22.0 Å². The lowest BCUT2D eigenvalue weighted by Crippen LogP contribution is -2.06. The first-order valence-electron chi connectivity index (χ1n) is 7.40. The van der Waals surface area contributed by atoms with Gasteiger partial charge in [-0.2, -0.15) is 0 Å². The first-order chi connectivity index (χ1) is 11.5. The minimum atomic E-state index is -1.50. The van der Waals surface area contributed by atoms with E-state index in [1.165, 1.54) is 0 Å². The summed E-state index contributed by atoms with van der Waals surface area (Å²) in [7, 11) is 0.